The molecule has 22 heavy (non-hydrogen) atoms. The molecule has 0 saturated heterocycles. The van der Waals surface area contributed by atoms with Crippen LogP contribution in [0.3, 0.4) is 0 Å². The second-order valence-electron chi connectivity index (χ2n) is 4.94. The number of hydrogen-bond donors (Lipinski definition) is 3. The van der Waals surface area contributed by atoms with E-state index in [2.05, 4.69) is 17.5 Å². The van der Waals surface area contributed by atoms with Crippen LogP contribution in [0.2, 0.25) is 0 Å². The molecule has 1 aliphatic heterocycles. The van der Waals surface area contributed by atoms with Crippen LogP contribution in [0.1, 0.15) is 35.7 Å². The third-order valence-electron chi connectivity index (χ3n) is 3.59. The Kier molecular flexibility index (Phi) is 3.87. The van der Waals surface area contributed by atoms with E-state index in [1.807, 2.05) is 0 Å². The third kappa shape index (κ3) is 2.38. The lowest BCUT2D eigenvalue weighted by molar-refractivity contribution is 0.0693. The minimum atomic E-state index is -1.27. The molecular weight excluding hydrogens is 282 g/mol. The molecule has 3 N–H and O–H groups in total. The number of hydrogen-bond acceptors (Lipinski definition) is 5. The van der Waals surface area contributed by atoms with Crippen LogP contribution in [-0.2, 0) is 0 Å². The van der Waals surface area contributed by atoms with Gasteiger partial charge in [0.1, 0.15) is 11.3 Å². The summed E-state index contributed by atoms with van der Waals surface area (Å²) < 4.78 is 0. The number of carbonyl (C=O) groups is 1. The number of allylic oxidation sites excluding steroid dienone is 4. The van der Waals surface area contributed by atoms with Gasteiger partial charge in [-0.25, -0.2) is 4.79 Å². The zero-order valence-electron chi connectivity index (χ0n) is 12.0. The van der Waals surface area contributed by atoms with Crippen LogP contribution >= 0.6 is 0 Å². The number of nitriles is 2. The number of benzene rings is 1. The van der Waals surface area contributed by atoms with Crippen LogP contribution in [0.5, 0.6) is 5.75 Å². The highest BCUT2D eigenvalue weighted by molar-refractivity contribution is 5.91. The van der Waals surface area contributed by atoms with Crippen LogP contribution in [-0.4, -0.2) is 16.2 Å². The summed E-state index contributed by atoms with van der Waals surface area (Å²) >= 11 is 0. The summed E-state index contributed by atoms with van der Waals surface area (Å²) in [5.41, 5.74) is 2.15. The molecule has 0 fully saturated rings. The number of dihydropyridines is 1. The summed E-state index contributed by atoms with van der Waals surface area (Å²) in [5, 5.41) is 40.5. The van der Waals surface area contributed by atoms with Crippen molar-refractivity contribution < 1.29 is 15.0 Å². The molecule has 1 aromatic carbocycles. The topological polar surface area (TPSA) is 117 Å². The van der Waals surface area contributed by atoms with E-state index in [1.54, 1.807) is 13.8 Å². The summed E-state index contributed by atoms with van der Waals surface area (Å²) in [6.45, 7) is 3.45. The number of phenols is 1. The van der Waals surface area contributed by atoms with E-state index in [1.165, 1.54) is 18.2 Å². The first-order chi connectivity index (χ1) is 10.4. The zero-order valence-corrected chi connectivity index (χ0v) is 12.0. The van der Waals surface area contributed by atoms with E-state index in [0.29, 0.717) is 28.1 Å². The standard InChI is InChI=1S/C16H13N3O3/c1-8-12(6-17)15(13(7-18)9(2)19-8)10-3-4-14(20)11(5-10)16(21)22/h3-5,15,19-20H,1-2H3,(H,21,22). The highest BCUT2D eigenvalue weighted by atomic mass is 16.4. The summed E-state index contributed by atoms with van der Waals surface area (Å²) in [4.78, 5) is 11.2. The lowest BCUT2D eigenvalue weighted by atomic mass is 9.81. The second-order valence-corrected chi connectivity index (χ2v) is 4.94. The van der Waals surface area contributed by atoms with Crippen molar-refractivity contribution in [2.45, 2.75) is 19.8 Å². The van der Waals surface area contributed by atoms with E-state index in [-0.39, 0.29) is 11.3 Å². The molecule has 110 valence electrons. The number of nitrogens with one attached hydrogen (secondary N) is 1. The number of carboxylic acids is 1. The molecule has 0 aromatic heterocycles. The van der Waals surface area contributed by atoms with Crippen molar-refractivity contribution in [3.05, 3.63) is 51.9 Å². The average Bonchev–Trinajstić information content (AvgIpc) is 2.47. The number of aromatic hydroxyl groups is 1. The number of carboxylic acid groups (broad SMARTS) is 1. The van der Waals surface area contributed by atoms with Gasteiger partial charge in [0.15, 0.2) is 0 Å². The molecule has 0 spiro atoms. The van der Waals surface area contributed by atoms with Crippen LogP contribution in [0.4, 0.5) is 0 Å². The van der Waals surface area contributed by atoms with Gasteiger partial charge in [0.05, 0.1) is 29.2 Å². The van der Waals surface area contributed by atoms with Gasteiger partial charge in [-0.1, -0.05) is 6.07 Å². The van der Waals surface area contributed by atoms with E-state index < -0.39 is 11.9 Å². The number of rotatable bonds is 2. The van der Waals surface area contributed by atoms with Crippen molar-refractivity contribution in [2.75, 3.05) is 0 Å². The highest BCUT2D eigenvalue weighted by Gasteiger charge is 2.30. The van der Waals surface area contributed by atoms with Crippen molar-refractivity contribution >= 4 is 5.97 Å². The van der Waals surface area contributed by atoms with Crippen LogP contribution in [0.15, 0.2) is 40.7 Å². The number of nitrogens with zero attached hydrogens (tertiary/aromatic N) is 2. The maximum atomic E-state index is 11.2. The fourth-order valence-electron chi connectivity index (χ4n) is 2.53. The van der Waals surface area contributed by atoms with E-state index in [0.717, 1.165) is 0 Å². The molecule has 0 unspecified atom stereocenters. The Labute approximate surface area is 127 Å². The van der Waals surface area contributed by atoms with Crippen molar-refractivity contribution in [3.63, 3.8) is 0 Å². The Balaban J connectivity index is 2.69. The van der Waals surface area contributed by atoms with Gasteiger partial charge in [0.2, 0.25) is 0 Å². The lowest BCUT2D eigenvalue weighted by Crippen LogP contribution is -2.23. The molecule has 0 aliphatic carbocycles. The molecule has 6 nitrogen and oxygen atoms in total. The fraction of sp³-hybridized carbons (Fsp3) is 0.188. The molecule has 0 atom stereocenters. The zero-order chi connectivity index (χ0) is 16.4. The molecule has 1 aromatic rings. The molecule has 6 heteroatoms. The summed E-state index contributed by atoms with van der Waals surface area (Å²) in [7, 11) is 0. The molecule has 0 radical (unpaired) electrons. The van der Waals surface area contributed by atoms with Gasteiger partial charge in [-0.15, -0.1) is 0 Å². The van der Waals surface area contributed by atoms with E-state index in [4.69, 9.17) is 5.11 Å². The smallest absolute Gasteiger partial charge is 0.339 e. The van der Waals surface area contributed by atoms with Crippen molar-refractivity contribution in [1.29, 1.82) is 10.5 Å². The predicted octanol–water partition coefficient (Wildman–Crippen LogP) is 2.37. The molecular formula is C16H13N3O3. The minimum Gasteiger partial charge on any atom is -0.507 e. The molecule has 1 heterocycles. The normalized spacial score (nSPS) is 15.1. The maximum absolute atomic E-state index is 11.2. The number of aromatic carboxylic acids is 1. The van der Waals surface area contributed by atoms with E-state index >= 15 is 0 Å². The minimum absolute atomic E-state index is 0.263. The Morgan fingerprint density at radius 3 is 2.18 bits per heavy atom. The molecule has 0 bridgehead atoms. The summed E-state index contributed by atoms with van der Waals surface area (Å²) in [5.74, 6) is -2.27. The summed E-state index contributed by atoms with van der Waals surface area (Å²) in [6, 6.07) is 8.22. The largest absolute Gasteiger partial charge is 0.507 e. The first kappa shape index (κ1) is 15.1. The molecule has 2 rings (SSSR count). The van der Waals surface area contributed by atoms with Gasteiger partial charge in [-0.3, -0.25) is 0 Å². The molecule has 0 amide bonds. The third-order valence-corrected chi connectivity index (χ3v) is 3.59. The van der Waals surface area contributed by atoms with Crippen LogP contribution < -0.4 is 5.32 Å². The second kappa shape index (κ2) is 5.63. The average molecular weight is 295 g/mol. The van der Waals surface area contributed by atoms with E-state index in [9.17, 15) is 20.4 Å². The van der Waals surface area contributed by atoms with Gasteiger partial charge in [0.25, 0.3) is 0 Å². The Morgan fingerprint density at radius 2 is 1.73 bits per heavy atom. The highest BCUT2D eigenvalue weighted by Crippen LogP contribution is 2.38. The molecule has 0 saturated carbocycles. The van der Waals surface area contributed by atoms with Gasteiger partial charge < -0.3 is 15.5 Å². The van der Waals surface area contributed by atoms with Crippen LogP contribution in [0, 0.1) is 22.7 Å². The van der Waals surface area contributed by atoms with Crippen molar-refractivity contribution in [3.8, 4) is 17.9 Å². The van der Waals surface area contributed by atoms with Gasteiger partial charge in [-0.05, 0) is 31.5 Å². The predicted molar refractivity (Wildman–Crippen MR) is 77.6 cm³/mol. The van der Waals surface area contributed by atoms with Crippen molar-refractivity contribution in [2.24, 2.45) is 0 Å². The SMILES string of the molecule is CC1=C(C#N)C(c2ccc(O)c(C(=O)O)c2)C(C#N)=C(C)N1. The first-order valence-electron chi connectivity index (χ1n) is 6.45. The van der Waals surface area contributed by atoms with Gasteiger partial charge >= 0.3 is 5.97 Å². The Bertz CT molecular complexity index is 771. The quantitative estimate of drug-likeness (QED) is 0.771. The monoisotopic (exact) mass is 295 g/mol. The van der Waals surface area contributed by atoms with Crippen LogP contribution in [0.25, 0.3) is 0 Å². The fourth-order valence-corrected chi connectivity index (χ4v) is 2.53. The maximum Gasteiger partial charge on any atom is 0.339 e. The molecule has 1 aliphatic rings. The first-order valence-corrected chi connectivity index (χ1v) is 6.45. The summed E-state index contributed by atoms with van der Waals surface area (Å²) in [6.07, 6.45) is 0. The Morgan fingerprint density at radius 1 is 1.18 bits per heavy atom. The lowest BCUT2D eigenvalue weighted by Gasteiger charge is -2.26. The van der Waals surface area contributed by atoms with Crippen molar-refractivity contribution in [1.82, 2.24) is 5.32 Å². The van der Waals surface area contributed by atoms with Gasteiger partial charge in [0, 0.05) is 11.4 Å². The Hall–Kier alpha value is -3.25. The van der Waals surface area contributed by atoms with Gasteiger partial charge in [-0.2, -0.15) is 10.5 Å².